The zero-order valence-corrected chi connectivity index (χ0v) is 13.9. The Morgan fingerprint density at radius 1 is 1.27 bits per heavy atom. The van der Waals surface area contributed by atoms with Gasteiger partial charge in [-0.25, -0.2) is 0 Å². The van der Waals surface area contributed by atoms with Crippen LogP contribution in [0.5, 0.6) is 5.75 Å². The van der Waals surface area contributed by atoms with Gasteiger partial charge in [0.05, 0.1) is 19.0 Å². The summed E-state index contributed by atoms with van der Waals surface area (Å²) in [4.78, 5) is 11.6. The van der Waals surface area contributed by atoms with Crippen LogP contribution in [-0.4, -0.2) is 39.7 Å². The first kappa shape index (κ1) is 16.4. The molecule has 0 aliphatic carbocycles. The van der Waals surface area contributed by atoms with Crippen LogP contribution in [0.15, 0.2) is 29.4 Å². The summed E-state index contributed by atoms with van der Waals surface area (Å²) >= 11 is 1.31. The summed E-state index contributed by atoms with van der Waals surface area (Å²) in [6.07, 6.45) is -0.109. The molecule has 1 aromatic heterocycles. The summed E-state index contributed by atoms with van der Waals surface area (Å²) < 4.78 is 12.1. The van der Waals surface area contributed by atoms with Crippen molar-refractivity contribution in [2.24, 2.45) is 7.05 Å². The van der Waals surface area contributed by atoms with Crippen LogP contribution in [0, 0.1) is 0 Å². The highest BCUT2D eigenvalue weighted by Crippen LogP contribution is 2.24. The van der Waals surface area contributed by atoms with E-state index in [1.54, 1.807) is 7.11 Å². The van der Waals surface area contributed by atoms with Gasteiger partial charge in [0, 0.05) is 12.6 Å². The van der Waals surface area contributed by atoms with Gasteiger partial charge in [0.1, 0.15) is 5.75 Å². The van der Waals surface area contributed by atoms with Crippen LogP contribution in [0.4, 0.5) is 0 Å². The predicted molar refractivity (Wildman–Crippen MR) is 84.9 cm³/mol. The molecule has 0 saturated heterocycles. The first-order valence-corrected chi connectivity index (χ1v) is 7.86. The zero-order valence-electron chi connectivity index (χ0n) is 13.1. The highest BCUT2D eigenvalue weighted by atomic mass is 32.2. The number of esters is 1. The number of benzene rings is 1. The standard InChI is InChI=1S/C15H19N3O3S/c1-10(2)21-13(19)9-22-15-17-16-14(18(15)3)11-5-7-12(20-4)8-6-11/h5-8,10H,9H2,1-4H3. The Kier molecular flexibility index (Phi) is 5.43. The molecule has 0 spiro atoms. The normalized spacial score (nSPS) is 10.8. The number of rotatable bonds is 6. The molecule has 0 bridgehead atoms. The van der Waals surface area contributed by atoms with Crippen molar-refractivity contribution in [1.82, 2.24) is 14.8 Å². The molecule has 22 heavy (non-hydrogen) atoms. The van der Waals surface area contributed by atoms with Gasteiger partial charge >= 0.3 is 5.97 Å². The number of methoxy groups -OCH3 is 1. The number of thioether (sulfide) groups is 1. The lowest BCUT2D eigenvalue weighted by Crippen LogP contribution is -2.13. The molecule has 7 heteroatoms. The lowest BCUT2D eigenvalue weighted by atomic mass is 10.2. The van der Waals surface area contributed by atoms with E-state index < -0.39 is 0 Å². The van der Waals surface area contributed by atoms with Crippen molar-refractivity contribution in [3.05, 3.63) is 24.3 Å². The second kappa shape index (κ2) is 7.31. The molecule has 0 atom stereocenters. The second-order valence-corrected chi connectivity index (χ2v) is 5.86. The molecule has 2 rings (SSSR count). The molecule has 2 aromatic rings. The molecule has 118 valence electrons. The Morgan fingerprint density at radius 2 is 1.95 bits per heavy atom. The number of nitrogens with zero attached hydrogens (tertiary/aromatic N) is 3. The van der Waals surface area contributed by atoms with Crippen molar-refractivity contribution in [2.75, 3.05) is 12.9 Å². The number of aromatic nitrogens is 3. The monoisotopic (exact) mass is 321 g/mol. The number of carbonyl (C=O) groups excluding carboxylic acids is 1. The van der Waals surface area contributed by atoms with Crippen LogP contribution in [0.2, 0.25) is 0 Å². The fraction of sp³-hybridized carbons (Fsp3) is 0.400. The van der Waals surface area contributed by atoms with Crippen molar-refractivity contribution in [2.45, 2.75) is 25.1 Å². The predicted octanol–water partition coefficient (Wildman–Crippen LogP) is 2.53. The van der Waals surface area contributed by atoms with E-state index in [4.69, 9.17) is 9.47 Å². The molecule has 1 heterocycles. The Balaban J connectivity index is 2.07. The summed E-state index contributed by atoms with van der Waals surface area (Å²) in [6, 6.07) is 7.59. The van der Waals surface area contributed by atoms with Gasteiger partial charge in [-0.05, 0) is 38.1 Å². The second-order valence-electron chi connectivity index (χ2n) is 4.92. The Morgan fingerprint density at radius 3 is 2.55 bits per heavy atom. The van der Waals surface area contributed by atoms with Gasteiger partial charge in [-0.1, -0.05) is 11.8 Å². The fourth-order valence-electron chi connectivity index (χ4n) is 1.85. The zero-order chi connectivity index (χ0) is 16.1. The lowest BCUT2D eigenvalue weighted by Gasteiger charge is -2.07. The van der Waals surface area contributed by atoms with Crippen molar-refractivity contribution in [3.8, 4) is 17.1 Å². The quantitative estimate of drug-likeness (QED) is 0.602. The van der Waals surface area contributed by atoms with Crippen molar-refractivity contribution < 1.29 is 14.3 Å². The first-order valence-electron chi connectivity index (χ1n) is 6.87. The lowest BCUT2D eigenvalue weighted by molar-refractivity contribution is -0.144. The maximum absolute atomic E-state index is 11.6. The van der Waals surface area contributed by atoms with Gasteiger partial charge in [-0.2, -0.15) is 0 Å². The molecule has 0 N–H and O–H groups in total. The van der Waals surface area contributed by atoms with E-state index in [1.807, 2.05) is 49.7 Å². The van der Waals surface area contributed by atoms with Gasteiger partial charge < -0.3 is 14.0 Å². The van der Waals surface area contributed by atoms with Crippen LogP contribution < -0.4 is 4.74 Å². The third kappa shape index (κ3) is 4.00. The van der Waals surface area contributed by atoms with E-state index >= 15 is 0 Å². The highest BCUT2D eigenvalue weighted by Gasteiger charge is 2.14. The van der Waals surface area contributed by atoms with E-state index in [-0.39, 0.29) is 17.8 Å². The van der Waals surface area contributed by atoms with E-state index in [9.17, 15) is 4.79 Å². The SMILES string of the molecule is COc1ccc(-c2nnc(SCC(=O)OC(C)C)n2C)cc1. The molecule has 0 radical (unpaired) electrons. The van der Waals surface area contributed by atoms with Gasteiger partial charge in [-0.3, -0.25) is 4.79 Å². The van der Waals surface area contributed by atoms with E-state index in [0.717, 1.165) is 17.1 Å². The summed E-state index contributed by atoms with van der Waals surface area (Å²) in [5, 5.41) is 8.97. The largest absolute Gasteiger partial charge is 0.497 e. The summed E-state index contributed by atoms with van der Waals surface area (Å²) in [5.41, 5.74) is 0.937. The first-order chi connectivity index (χ1) is 10.5. The molecule has 0 saturated carbocycles. The topological polar surface area (TPSA) is 66.2 Å². The number of hydrogen-bond donors (Lipinski definition) is 0. The fourth-order valence-corrected chi connectivity index (χ4v) is 2.55. The minimum absolute atomic E-state index is 0.109. The number of ether oxygens (including phenoxy) is 2. The summed E-state index contributed by atoms with van der Waals surface area (Å²) in [6.45, 7) is 3.65. The maximum Gasteiger partial charge on any atom is 0.316 e. The third-order valence-electron chi connectivity index (χ3n) is 2.87. The minimum atomic E-state index is -0.256. The average molecular weight is 321 g/mol. The van der Waals surface area contributed by atoms with Crippen molar-refractivity contribution >= 4 is 17.7 Å². The molecule has 0 aliphatic heterocycles. The van der Waals surface area contributed by atoms with Gasteiger partial charge in [0.15, 0.2) is 11.0 Å². The smallest absolute Gasteiger partial charge is 0.316 e. The molecule has 6 nitrogen and oxygen atoms in total. The minimum Gasteiger partial charge on any atom is -0.497 e. The highest BCUT2D eigenvalue weighted by molar-refractivity contribution is 7.99. The van der Waals surface area contributed by atoms with Crippen LogP contribution in [0.1, 0.15) is 13.8 Å². The Bertz CT molecular complexity index is 638. The third-order valence-corrected chi connectivity index (χ3v) is 3.86. The molecular weight excluding hydrogens is 302 g/mol. The van der Waals surface area contributed by atoms with Gasteiger partial charge in [0.25, 0.3) is 0 Å². The van der Waals surface area contributed by atoms with E-state index in [2.05, 4.69) is 10.2 Å². The van der Waals surface area contributed by atoms with Gasteiger partial charge in [0.2, 0.25) is 0 Å². The Labute approximate surface area is 133 Å². The van der Waals surface area contributed by atoms with E-state index in [1.165, 1.54) is 11.8 Å². The van der Waals surface area contributed by atoms with Crippen molar-refractivity contribution in [1.29, 1.82) is 0 Å². The molecule has 0 amide bonds. The van der Waals surface area contributed by atoms with Crippen molar-refractivity contribution in [3.63, 3.8) is 0 Å². The van der Waals surface area contributed by atoms with Crippen LogP contribution in [-0.2, 0) is 16.6 Å². The number of carbonyl (C=O) groups is 1. The maximum atomic E-state index is 11.6. The Hall–Kier alpha value is -2.02. The van der Waals surface area contributed by atoms with Crippen LogP contribution >= 0.6 is 11.8 Å². The van der Waals surface area contributed by atoms with Gasteiger partial charge in [-0.15, -0.1) is 10.2 Å². The molecule has 0 fully saturated rings. The van der Waals surface area contributed by atoms with Crippen LogP contribution in [0.25, 0.3) is 11.4 Å². The van der Waals surface area contributed by atoms with Crippen LogP contribution in [0.3, 0.4) is 0 Å². The molecule has 1 aromatic carbocycles. The molecule has 0 unspecified atom stereocenters. The summed E-state index contributed by atoms with van der Waals surface area (Å²) in [5.74, 6) is 1.49. The number of hydrogen-bond acceptors (Lipinski definition) is 6. The van der Waals surface area contributed by atoms with E-state index in [0.29, 0.717) is 5.16 Å². The molecule has 0 aliphatic rings. The average Bonchev–Trinajstić information content (AvgIpc) is 2.85. The summed E-state index contributed by atoms with van der Waals surface area (Å²) in [7, 11) is 3.50. The molecular formula is C15H19N3O3S.